The number of aromatic nitrogens is 3. The number of hydrogen-bond donors (Lipinski definition) is 1. The number of nitrogens with one attached hydrogen (secondary N) is 1. The molecule has 1 unspecified atom stereocenters. The Morgan fingerprint density at radius 3 is 2.81 bits per heavy atom. The van der Waals surface area contributed by atoms with Gasteiger partial charge in [-0.05, 0) is 43.4 Å². The summed E-state index contributed by atoms with van der Waals surface area (Å²) in [7, 11) is 2.98. The van der Waals surface area contributed by atoms with E-state index in [1.807, 2.05) is 6.92 Å². The molecular formula is C20H20ClFN4O4S. The normalized spacial score (nSPS) is 11.8. The first kappa shape index (κ1) is 22.9. The molecule has 0 fully saturated rings. The molecule has 0 aliphatic rings. The SMILES string of the molecule is COc1ccc(Cl)c(F)c1-c1cc(C)ncc1C(=O)Nc1nnc(OCC(C)OC)s1. The minimum Gasteiger partial charge on any atom is -0.496 e. The number of hydrogen-bond acceptors (Lipinski definition) is 8. The Bertz CT molecular complexity index is 1100. The summed E-state index contributed by atoms with van der Waals surface area (Å²) in [6.45, 7) is 3.87. The van der Waals surface area contributed by atoms with Gasteiger partial charge in [-0.25, -0.2) is 4.39 Å². The largest absolute Gasteiger partial charge is 0.496 e. The molecule has 0 spiro atoms. The van der Waals surface area contributed by atoms with Crippen molar-refractivity contribution in [2.24, 2.45) is 0 Å². The topological polar surface area (TPSA) is 95.5 Å². The van der Waals surface area contributed by atoms with Crippen LogP contribution in [-0.2, 0) is 4.74 Å². The van der Waals surface area contributed by atoms with Crippen molar-refractivity contribution in [3.63, 3.8) is 0 Å². The molecule has 0 aliphatic heterocycles. The van der Waals surface area contributed by atoms with E-state index in [2.05, 4.69) is 20.5 Å². The fourth-order valence-corrected chi connectivity index (χ4v) is 3.40. The first-order valence-corrected chi connectivity index (χ1v) is 10.3. The highest BCUT2D eigenvalue weighted by molar-refractivity contribution is 7.17. The molecule has 0 aliphatic carbocycles. The van der Waals surface area contributed by atoms with Crippen LogP contribution in [0.1, 0.15) is 23.0 Å². The van der Waals surface area contributed by atoms with Gasteiger partial charge in [0.05, 0.1) is 29.4 Å². The molecule has 3 aromatic rings. The van der Waals surface area contributed by atoms with E-state index in [1.54, 1.807) is 20.1 Å². The standard InChI is InChI=1S/C20H20ClFN4O4S/c1-10-7-12(16-15(29-4)6-5-14(21)17(16)22)13(8-23-10)18(27)24-19-25-26-20(31-19)30-9-11(2)28-3/h5-8,11H,9H2,1-4H3,(H,24,25,27). The van der Waals surface area contributed by atoms with Gasteiger partial charge in [0.15, 0.2) is 5.82 Å². The molecule has 1 aromatic carbocycles. The molecule has 3 rings (SSSR count). The van der Waals surface area contributed by atoms with E-state index in [9.17, 15) is 9.18 Å². The number of pyridine rings is 1. The molecule has 1 amide bonds. The van der Waals surface area contributed by atoms with Crippen LogP contribution in [0.25, 0.3) is 11.1 Å². The number of aryl methyl sites for hydroxylation is 1. The van der Waals surface area contributed by atoms with Gasteiger partial charge in [-0.1, -0.05) is 16.7 Å². The van der Waals surface area contributed by atoms with Gasteiger partial charge >= 0.3 is 0 Å². The van der Waals surface area contributed by atoms with E-state index in [1.165, 1.54) is 25.4 Å². The van der Waals surface area contributed by atoms with Crippen molar-refractivity contribution < 1.29 is 23.4 Å². The van der Waals surface area contributed by atoms with Crippen molar-refractivity contribution in [2.45, 2.75) is 20.0 Å². The molecule has 31 heavy (non-hydrogen) atoms. The van der Waals surface area contributed by atoms with E-state index < -0.39 is 11.7 Å². The van der Waals surface area contributed by atoms with Crippen molar-refractivity contribution in [3.05, 3.63) is 46.5 Å². The molecule has 164 valence electrons. The lowest BCUT2D eigenvalue weighted by Gasteiger charge is -2.14. The number of ether oxygens (including phenoxy) is 3. The van der Waals surface area contributed by atoms with Crippen LogP contribution in [0.3, 0.4) is 0 Å². The van der Waals surface area contributed by atoms with Crippen LogP contribution in [0.4, 0.5) is 9.52 Å². The highest BCUT2D eigenvalue weighted by atomic mass is 35.5. The molecule has 2 aromatic heterocycles. The predicted octanol–water partition coefficient (Wildman–Crippen LogP) is 4.38. The minimum atomic E-state index is -0.695. The van der Waals surface area contributed by atoms with Crippen molar-refractivity contribution in [3.8, 4) is 22.1 Å². The van der Waals surface area contributed by atoms with E-state index in [4.69, 9.17) is 25.8 Å². The summed E-state index contributed by atoms with van der Waals surface area (Å²) in [5.41, 5.74) is 1.07. The highest BCUT2D eigenvalue weighted by Crippen LogP contribution is 2.38. The number of halogens is 2. The van der Waals surface area contributed by atoms with Gasteiger partial charge in [-0.15, -0.1) is 5.10 Å². The van der Waals surface area contributed by atoms with Crippen LogP contribution in [0.2, 0.25) is 5.02 Å². The third-order valence-electron chi connectivity index (χ3n) is 4.30. The van der Waals surface area contributed by atoms with Gasteiger partial charge in [0, 0.05) is 24.6 Å². The molecule has 0 saturated carbocycles. The number of benzene rings is 1. The Morgan fingerprint density at radius 1 is 1.32 bits per heavy atom. The van der Waals surface area contributed by atoms with Crippen molar-refractivity contribution in [1.82, 2.24) is 15.2 Å². The third-order valence-corrected chi connectivity index (χ3v) is 5.35. The van der Waals surface area contributed by atoms with Crippen LogP contribution in [0.5, 0.6) is 10.9 Å². The number of methoxy groups -OCH3 is 2. The predicted molar refractivity (Wildman–Crippen MR) is 116 cm³/mol. The second-order valence-electron chi connectivity index (χ2n) is 6.49. The Kier molecular flexibility index (Phi) is 7.37. The number of anilines is 1. The van der Waals surface area contributed by atoms with E-state index in [-0.39, 0.29) is 43.9 Å². The molecule has 8 nitrogen and oxygen atoms in total. The molecule has 0 saturated heterocycles. The Hall–Kier alpha value is -2.82. The summed E-state index contributed by atoms with van der Waals surface area (Å²) in [6.07, 6.45) is 1.24. The van der Waals surface area contributed by atoms with Gasteiger partial charge in [-0.3, -0.25) is 15.1 Å². The molecule has 1 atom stereocenters. The third kappa shape index (κ3) is 5.27. The zero-order chi connectivity index (χ0) is 22.5. The fraction of sp³-hybridized carbons (Fsp3) is 0.300. The lowest BCUT2D eigenvalue weighted by molar-refractivity contribution is 0.0713. The van der Waals surface area contributed by atoms with Crippen LogP contribution >= 0.6 is 22.9 Å². The van der Waals surface area contributed by atoms with E-state index >= 15 is 0 Å². The second kappa shape index (κ2) is 9.99. The monoisotopic (exact) mass is 466 g/mol. The molecule has 11 heteroatoms. The summed E-state index contributed by atoms with van der Waals surface area (Å²) in [4.78, 5) is 17.1. The average Bonchev–Trinajstić information content (AvgIpc) is 3.20. The second-order valence-corrected chi connectivity index (χ2v) is 7.84. The molecule has 0 bridgehead atoms. The van der Waals surface area contributed by atoms with E-state index in [0.29, 0.717) is 12.3 Å². The van der Waals surface area contributed by atoms with Crippen LogP contribution in [0.15, 0.2) is 24.4 Å². The summed E-state index contributed by atoms with van der Waals surface area (Å²) in [5.74, 6) is -1.00. The van der Waals surface area contributed by atoms with Crippen LogP contribution < -0.4 is 14.8 Å². The number of amides is 1. The smallest absolute Gasteiger partial charge is 0.295 e. The van der Waals surface area contributed by atoms with Crippen molar-refractivity contribution in [1.29, 1.82) is 0 Å². The summed E-state index contributed by atoms with van der Waals surface area (Å²) in [5, 5.41) is 10.8. The van der Waals surface area contributed by atoms with Crippen LogP contribution in [-0.4, -0.2) is 48.0 Å². The van der Waals surface area contributed by atoms with Crippen molar-refractivity contribution >= 4 is 34.0 Å². The first-order chi connectivity index (χ1) is 14.8. The van der Waals surface area contributed by atoms with Gasteiger partial charge in [-0.2, -0.15) is 0 Å². The van der Waals surface area contributed by atoms with Crippen LogP contribution in [0, 0.1) is 12.7 Å². The van der Waals surface area contributed by atoms with Gasteiger partial charge < -0.3 is 14.2 Å². The van der Waals surface area contributed by atoms with Gasteiger partial charge in [0.25, 0.3) is 11.1 Å². The maximum atomic E-state index is 14.9. The Morgan fingerprint density at radius 2 is 2.10 bits per heavy atom. The van der Waals surface area contributed by atoms with Crippen molar-refractivity contribution in [2.75, 3.05) is 26.1 Å². The number of nitrogens with zero attached hydrogens (tertiary/aromatic N) is 3. The Balaban J connectivity index is 1.91. The number of carbonyl (C=O) groups excluding carboxylic acids is 1. The summed E-state index contributed by atoms with van der Waals surface area (Å²) in [6, 6.07) is 4.51. The molecular weight excluding hydrogens is 447 g/mol. The molecule has 1 N–H and O–H groups in total. The van der Waals surface area contributed by atoms with E-state index in [0.717, 1.165) is 11.3 Å². The quantitative estimate of drug-likeness (QED) is 0.526. The lowest BCUT2D eigenvalue weighted by atomic mass is 9.98. The van der Waals surface area contributed by atoms with Gasteiger partial charge in [0.1, 0.15) is 12.4 Å². The number of rotatable bonds is 8. The summed E-state index contributed by atoms with van der Waals surface area (Å²) < 4.78 is 30.8. The highest BCUT2D eigenvalue weighted by Gasteiger charge is 2.23. The van der Waals surface area contributed by atoms with Gasteiger partial charge in [0.2, 0.25) is 5.13 Å². The summed E-state index contributed by atoms with van der Waals surface area (Å²) >= 11 is 7.03. The number of carbonyl (C=O) groups is 1. The minimum absolute atomic E-state index is 0.0699. The zero-order valence-corrected chi connectivity index (χ0v) is 18.8. The maximum Gasteiger partial charge on any atom is 0.295 e. The first-order valence-electron chi connectivity index (χ1n) is 9.13. The fourth-order valence-electron chi connectivity index (χ4n) is 2.64. The Labute approximate surface area is 187 Å². The molecule has 2 heterocycles. The maximum absolute atomic E-state index is 14.9. The molecule has 0 radical (unpaired) electrons. The average molecular weight is 467 g/mol. The lowest BCUT2D eigenvalue weighted by Crippen LogP contribution is -2.15. The zero-order valence-electron chi connectivity index (χ0n) is 17.2.